The SMILES string of the molecule is Cn1ccc2cc(CCCCc3ccc(CC(=O)CO)cc3)ccc21. The summed E-state index contributed by atoms with van der Waals surface area (Å²) in [7, 11) is 2.08. The Kier molecular flexibility index (Phi) is 5.67. The van der Waals surface area contributed by atoms with Crippen LogP contribution < -0.4 is 0 Å². The Labute approximate surface area is 148 Å². The average molecular weight is 335 g/mol. The van der Waals surface area contributed by atoms with Crippen LogP contribution in [-0.4, -0.2) is 22.1 Å². The summed E-state index contributed by atoms with van der Waals surface area (Å²) in [5.41, 5.74) is 4.96. The van der Waals surface area contributed by atoms with Crippen molar-refractivity contribution in [2.45, 2.75) is 32.1 Å². The first-order valence-electron chi connectivity index (χ1n) is 8.90. The minimum absolute atomic E-state index is 0.136. The number of benzene rings is 2. The summed E-state index contributed by atoms with van der Waals surface area (Å²) in [5, 5.41) is 10.1. The van der Waals surface area contributed by atoms with E-state index in [-0.39, 0.29) is 12.4 Å². The Morgan fingerprint density at radius 2 is 1.56 bits per heavy atom. The average Bonchev–Trinajstić information content (AvgIpc) is 3.00. The first-order valence-corrected chi connectivity index (χ1v) is 8.90. The molecule has 0 unspecified atom stereocenters. The minimum atomic E-state index is -0.378. The second-order valence-electron chi connectivity index (χ2n) is 6.72. The molecule has 0 aliphatic rings. The molecule has 3 nitrogen and oxygen atoms in total. The number of hydrogen-bond donors (Lipinski definition) is 1. The Balaban J connectivity index is 1.46. The zero-order valence-corrected chi connectivity index (χ0v) is 14.7. The Hall–Kier alpha value is -2.39. The highest BCUT2D eigenvalue weighted by molar-refractivity contribution is 5.82. The van der Waals surface area contributed by atoms with Crippen LogP contribution in [0.15, 0.2) is 54.7 Å². The number of unbranched alkanes of at least 4 members (excludes halogenated alkanes) is 1. The summed E-state index contributed by atoms with van der Waals surface area (Å²) in [6.07, 6.45) is 6.91. The number of nitrogens with zero attached hydrogens (tertiary/aromatic N) is 1. The van der Waals surface area contributed by atoms with Gasteiger partial charge >= 0.3 is 0 Å². The van der Waals surface area contributed by atoms with Crippen molar-refractivity contribution in [3.63, 3.8) is 0 Å². The molecule has 3 aromatic rings. The first kappa shape index (κ1) is 17.4. The van der Waals surface area contributed by atoms with Crippen molar-refractivity contribution >= 4 is 16.7 Å². The quantitative estimate of drug-likeness (QED) is 0.635. The van der Waals surface area contributed by atoms with Crippen LogP contribution in [0.5, 0.6) is 0 Å². The number of carbonyl (C=O) groups excluding carboxylic acids is 1. The van der Waals surface area contributed by atoms with Crippen LogP contribution in [0.25, 0.3) is 10.9 Å². The molecular weight excluding hydrogens is 310 g/mol. The van der Waals surface area contributed by atoms with E-state index in [0.717, 1.165) is 24.8 Å². The molecule has 1 aromatic heterocycles. The predicted molar refractivity (Wildman–Crippen MR) is 102 cm³/mol. The third kappa shape index (κ3) is 4.58. The van der Waals surface area contributed by atoms with Crippen LogP contribution in [-0.2, 0) is 31.1 Å². The predicted octanol–water partition coefficient (Wildman–Crippen LogP) is 3.85. The van der Waals surface area contributed by atoms with Gasteiger partial charge in [0.15, 0.2) is 5.78 Å². The van der Waals surface area contributed by atoms with Crippen molar-refractivity contribution in [1.82, 2.24) is 4.57 Å². The number of aryl methyl sites for hydroxylation is 3. The van der Waals surface area contributed by atoms with Gasteiger partial charge in [0.1, 0.15) is 6.61 Å². The van der Waals surface area contributed by atoms with Gasteiger partial charge in [0.2, 0.25) is 0 Å². The van der Waals surface area contributed by atoms with Crippen molar-refractivity contribution in [3.05, 3.63) is 71.4 Å². The van der Waals surface area contributed by atoms with Gasteiger partial charge < -0.3 is 9.67 Å². The number of carbonyl (C=O) groups is 1. The number of hydrogen-bond acceptors (Lipinski definition) is 2. The van der Waals surface area contributed by atoms with E-state index in [9.17, 15) is 4.79 Å². The number of aromatic nitrogens is 1. The molecule has 0 bridgehead atoms. The Morgan fingerprint density at radius 1 is 0.920 bits per heavy atom. The number of fused-ring (bicyclic) bond motifs is 1. The third-order valence-corrected chi connectivity index (χ3v) is 4.73. The molecule has 0 saturated carbocycles. The van der Waals surface area contributed by atoms with Crippen LogP contribution in [0, 0.1) is 0 Å². The Morgan fingerprint density at radius 3 is 2.28 bits per heavy atom. The van der Waals surface area contributed by atoms with Crippen molar-refractivity contribution in [3.8, 4) is 0 Å². The fourth-order valence-corrected chi connectivity index (χ4v) is 3.25. The monoisotopic (exact) mass is 335 g/mol. The summed E-state index contributed by atoms with van der Waals surface area (Å²) < 4.78 is 2.15. The zero-order valence-electron chi connectivity index (χ0n) is 14.7. The van der Waals surface area contributed by atoms with E-state index in [0.29, 0.717) is 6.42 Å². The minimum Gasteiger partial charge on any atom is -0.389 e. The maximum absolute atomic E-state index is 11.2. The highest BCUT2D eigenvalue weighted by Gasteiger charge is 2.03. The molecule has 0 radical (unpaired) electrons. The highest BCUT2D eigenvalue weighted by Crippen LogP contribution is 2.18. The molecule has 0 spiro atoms. The van der Waals surface area contributed by atoms with E-state index in [2.05, 4.69) is 54.2 Å². The van der Waals surface area contributed by atoms with Crippen molar-refractivity contribution in [2.24, 2.45) is 7.05 Å². The molecule has 0 saturated heterocycles. The summed E-state index contributed by atoms with van der Waals surface area (Å²) >= 11 is 0. The van der Waals surface area contributed by atoms with Gasteiger partial charge in [-0.3, -0.25) is 4.79 Å². The van der Waals surface area contributed by atoms with Crippen LogP contribution in [0.2, 0.25) is 0 Å². The molecule has 25 heavy (non-hydrogen) atoms. The summed E-state index contributed by atoms with van der Waals surface area (Å²) in [6, 6.07) is 17.1. The van der Waals surface area contributed by atoms with E-state index in [1.165, 1.54) is 28.5 Å². The standard InChI is InChI=1S/C22H25NO2/c1-23-13-12-20-14-18(10-11-22(20)23)5-3-2-4-17-6-8-19(9-7-17)15-21(25)16-24/h6-14,24H,2-5,15-16H2,1H3. The summed E-state index contributed by atoms with van der Waals surface area (Å²) in [6.45, 7) is -0.378. The van der Waals surface area contributed by atoms with E-state index < -0.39 is 0 Å². The lowest BCUT2D eigenvalue weighted by atomic mass is 10.0. The second kappa shape index (κ2) is 8.13. The molecule has 130 valence electrons. The normalized spacial score (nSPS) is 11.1. The van der Waals surface area contributed by atoms with Gasteiger partial charge in [-0.05, 0) is 66.0 Å². The smallest absolute Gasteiger partial charge is 0.162 e. The molecule has 3 rings (SSSR count). The van der Waals surface area contributed by atoms with Crippen molar-refractivity contribution in [1.29, 1.82) is 0 Å². The van der Waals surface area contributed by atoms with Crippen LogP contribution in [0.4, 0.5) is 0 Å². The van der Waals surface area contributed by atoms with Gasteiger partial charge in [-0.2, -0.15) is 0 Å². The molecule has 3 heteroatoms. The number of Topliss-reactive ketones (excluding diaryl/α,β-unsaturated/α-hetero) is 1. The molecule has 0 aliphatic carbocycles. The molecule has 0 fully saturated rings. The van der Waals surface area contributed by atoms with Crippen LogP contribution in [0.1, 0.15) is 29.5 Å². The number of ketones is 1. The van der Waals surface area contributed by atoms with E-state index in [4.69, 9.17) is 5.11 Å². The van der Waals surface area contributed by atoms with Crippen LogP contribution >= 0.6 is 0 Å². The number of aliphatic hydroxyl groups is 1. The fraction of sp³-hybridized carbons (Fsp3) is 0.318. The fourth-order valence-electron chi connectivity index (χ4n) is 3.25. The molecule has 0 atom stereocenters. The molecule has 0 amide bonds. The van der Waals surface area contributed by atoms with Crippen molar-refractivity contribution in [2.75, 3.05) is 6.61 Å². The van der Waals surface area contributed by atoms with Gasteiger partial charge in [-0.25, -0.2) is 0 Å². The van der Waals surface area contributed by atoms with Gasteiger partial charge in [0, 0.05) is 25.2 Å². The molecule has 1 N–H and O–H groups in total. The van der Waals surface area contributed by atoms with Gasteiger partial charge in [0.25, 0.3) is 0 Å². The first-order chi connectivity index (χ1) is 12.2. The summed E-state index contributed by atoms with van der Waals surface area (Å²) in [5.74, 6) is -0.136. The lowest BCUT2D eigenvalue weighted by Gasteiger charge is -2.05. The van der Waals surface area contributed by atoms with E-state index in [1.807, 2.05) is 12.1 Å². The molecule has 1 heterocycles. The van der Waals surface area contributed by atoms with Crippen molar-refractivity contribution < 1.29 is 9.90 Å². The van der Waals surface area contributed by atoms with E-state index >= 15 is 0 Å². The number of aliphatic hydroxyl groups excluding tert-OH is 1. The van der Waals surface area contributed by atoms with Gasteiger partial charge in [-0.15, -0.1) is 0 Å². The van der Waals surface area contributed by atoms with Gasteiger partial charge in [0.05, 0.1) is 0 Å². The molecule has 0 aliphatic heterocycles. The third-order valence-electron chi connectivity index (χ3n) is 4.73. The maximum Gasteiger partial charge on any atom is 0.162 e. The number of rotatable bonds is 8. The lowest BCUT2D eigenvalue weighted by molar-refractivity contribution is -0.121. The van der Waals surface area contributed by atoms with Gasteiger partial charge in [-0.1, -0.05) is 30.3 Å². The maximum atomic E-state index is 11.2. The molecular formula is C22H25NO2. The largest absolute Gasteiger partial charge is 0.389 e. The zero-order chi connectivity index (χ0) is 17.6. The van der Waals surface area contributed by atoms with E-state index in [1.54, 1.807) is 0 Å². The van der Waals surface area contributed by atoms with Crippen LogP contribution in [0.3, 0.4) is 0 Å². The Bertz CT molecular complexity index is 846. The topological polar surface area (TPSA) is 42.2 Å². The highest BCUT2D eigenvalue weighted by atomic mass is 16.3. The second-order valence-corrected chi connectivity index (χ2v) is 6.72. The molecule has 2 aromatic carbocycles. The summed E-state index contributed by atoms with van der Waals surface area (Å²) in [4.78, 5) is 11.2. The lowest BCUT2D eigenvalue weighted by Crippen LogP contribution is -2.07.